The summed E-state index contributed by atoms with van der Waals surface area (Å²) in [4.78, 5) is 14.6. The molecule has 2 rings (SSSR count). The number of hydrogen-bond acceptors (Lipinski definition) is 2. The highest BCUT2D eigenvalue weighted by Crippen LogP contribution is 2.49. The van der Waals surface area contributed by atoms with Crippen molar-refractivity contribution in [2.45, 2.75) is 38.5 Å². The summed E-state index contributed by atoms with van der Waals surface area (Å²) in [7, 11) is 1.92. The van der Waals surface area contributed by atoms with Crippen molar-refractivity contribution in [2.75, 3.05) is 19.3 Å². The summed E-state index contributed by atoms with van der Waals surface area (Å²) in [6, 6.07) is 7.77. The number of nitrogen functional groups attached to an aromatic ring is 1. The van der Waals surface area contributed by atoms with Gasteiger partial charge in [-0.25, -0.2) is 0 Å². The Morgan fingerprint density at radius 2 is 1.95 bits per heavy atom. The van der Waals surface area contributed by atoms with Gasteiger partial charge in [-0.3, -0.25) is 4.79 Å². The summed E-state index contributed by atoms with van der Waals surface area (Å²) in [6.45, 7) is 5.19. The molecule has 1 aliphatic carbocycles. The molecule has 1 aromatic carbocycles. The SMILES string of the molecule is CCC(C)CN(C)C(=O)C1(c2ccc(N)cc2)CC1. The number of carbonyl (C=O) groups excluding carboxylic acids is 1. The Morgan fingerprint density at radius 3 is 2.42 bits per heavy atom. The van der Waals surface area contributed by atoms with Gasteiger partial charge in [0, 0.05) is 19.3 Å². The van der Waals surface area contributed by atoms with Gasteiger partial charge in [0.05, 0.1) is 5.41 Å². The lowest BCUT2D eigenvalue weighted by atomic mass is 9.93. The summed E-state index contributed by atoms with van der Waals surface area (Å²) in [5, 5.41) is 0. The Balaban J connectivity index is 2.12. The fourth-order valence-electron chi connectivity index (χ4n) is 2.60. The maximum Gasteiger partial charge on any atom is 0.232 e. The van der Waals surface area contributed by atoms with Crippen molar-refractivity contribution in [3.8, 4) is 0 Å². The zero-order valence-electron chi connectivity index (χ0n) is 12.1. The average Bonchev–Trinajstić information content (AvgIpc) is 3.20. The predicted molar refractivity (Wildman–Crippen MR) is 78.9 cm³/mol. The van der Waals surface area contributed by atoms with Crippen LogP contribution < -0.4 is 5.73 Å². The van der Waals surface area contributed by atoms with E-state index in [-0.39, 0.29) is 11.3 Å². The van der Waals surface area contributed by atoms with E-state index in [9.17, 15) is 4.79 Å². The maximum atomic E-state index is 12.7. The number of amides is 1. The molecule has 1 aromatic rings. The van der Waals surface area contributed by atoms with Gasteiger partial charge in [-0.1, -0.05) is 32.4 Å². The first kappa shape index (κ1) is 13.9. The summed E-state index contributed by atoms with van der Waals surface area (Å²) in [6.07, 6.45) is 3.02. The summed E-state index contributed by atoms with van der Waals surface area (Å²) >= 11 is 0. The Kier molecular flexibility index (Phi) is 3.83. The van der Waals surface area contributed by atoms with Crippen LogP contribution >= 0.6 is 0 Å². The van der Waals surface area contributed by atoms with Crippen LogP contribution in [0.3, 0.4) is 0 Å². The molecule has 1 amide bonds. The standard InChI is InChI=1S/C16H24N2O/c1-4-12(2)11-18(3)15(19)16(9-10-16)13-5-7-14(17)8-6-13/h5-8,12H,4,9-11,17H2,1-3H3. The number of nitrogens with two attached hydrogens (primary N) is 1. The number of anilines is 1. The minimum absolute atomic E-state index is 0.262. The highest BCUT2D eigenvalue weighted by molar-refractivity contribution is 5.91. The average molecular weight is 260 g/mol. The van der Waals surface area contributed by atoms with E-state index in [1.807, 2.05) is 36.2 Å². The summed E-state index contributed by atoms with van der Waals surface area (Å²) < 4.78 is 0. The number of carbonyl (C=O) groups is 1. The van der Waals surface area contributed by atoms with Crippen molar-refractivity contribution in [3.05, 3.63) is 29.8 Å². The molecule has 1 unspecified atom stereocenters. The van der Waals surface area contributed by atoms with Gasteiger partial charge in [-0.05, 0) is 36.5 Å². The van der Waals surface area contributed by atoms with Crippen LogP contribution in [0, 0.1) is 5.92 Å². The summed E-state index contributed by atoms with van der Waals surface area (Å²) in [5.74, 6) is 0.814. The van der Waals surface area contributed by atoms with E-state index in [4.69, 9.17) is 5.73 Å². The van der Waals surface area contributed by atoms with Gasteiger partial charge in [0.25, 0.3) is 0 Å². The van der Waals surface area contributed by atoms with Crippen LogP contribution in [0.1, 0.15) is 38.7 Å². The van der Waals surface area contributed by atoms with Gasteiger partial charge in [-0.2, -0.15) is 0 Å². The third-order valence-electron chi connectivity index (χ3n) is 4.25. The molecule has 0 radical (unpaired) electrons. The molecular weight excluding hydrogens is 236 g/mol. The number of nitrogens with zero attached hydrogens (tertiary/aromatic N) is 1. The number of rotatable bonds is 5. The molecule has 0 aliphatic heterocycles. The monoisotopic (exact) mass is 260 g/mol. The van der Waals surface area contributed by atoms with E-state index in [0.29, 0.717) is 5.92 Å². The number of likely N-dealkylation sites (N-methyl/N-ethyl adjacent to an activating group) is 1. The van der Waals surface area contributed by atoms with Crippen LogP contribution in [0.5, 0.6) is 0 Å². The molecule has 1 saturated carbocycles. The lowest BCUT2D eigenvalue weighted by Crippen LogP contribution is -2.38. The van der Waals surface area contributed by atoms with E-state index in [1.165, 1.54) is 0 Å². The van der Waals surface area contributed by atoms with Gasteiger partial charge in [0.2, 0.25) is 5.91 Å². The van der Waals surface area contributed by atoms with Crippen LogP contribution in [-0.4, -0.2) is 24.4 Å². The molecule has 2 N–H and O–H groups in total. The Bertz CT molecular complexity index is 448. The second kappa shape index (κ2) is 5.24. The van der Waals surface area contributed by atoms with E-state index in [0.717, 1.165) is 37.1 Å². The maximum absolute atomic E-state index is 12.7. The van der Waals surface area contributed by atoms with Gasteiger partial charge in [0.15, 0.2) is 0 Å². The Hall–Kier alpha value is -1.51. The zero-order valence-corrected chi connectivity index (χ0v) is 12.1. The minimum atomic E-state index is -0.268. The van der Waals surface area contributed by atoms with Crippen molar-refractivity contribution in [1.29, 1.82) is 0 Å². The Morgan fingerprint density at radius 1 is 1.37 bits per heavy atom. The van der Waals surface area contributed by atoms with Crippen molar-refractivity contribution < 1.29 is 4.79 Å². The van der Waals surface area contributed by atoms with Crippen LogP contribution in [0.2, 0.25) is 0 Å². The molecule has 0 bridgehead atoms. The predicted octanol–water partition coefficient (Wildman–Crippen LogP) is 2.80. The van der Waals surface area contributed by atoms with Gasteiger partial charge >= 0.3 is 0 Å². The quantitative estimate of drug-likeness (QED) is 0.827. The number of hydrogen-bond donors (Lipinski definition) is 1. The zero-order chi connectivity index (χ0) is 14.0. The molecule has 104 valence electrons. The van der Waals surface area contributed by atoms with E-state index in [1.54, 1.807) is 0 Å². The van der Waals surface area contributed by atoms with Gasteiger partial charge in [-0.15, -0.1) is 0 Å². The highest BCUT2D eigenvalue weighted by atomic mass is 16.2. The summed E-state index contributed by atoms with van der Waals surface area (Å²) in [5.41, 5.74) is 7.31. The Labute approximate surface area is 115 Å². The van der Waals surface area contributed by atoms with Crippen molar-refractivity contribution in [2.24, 2.45) is 5.92 Å². The lowest BCUT2D eigenvalue weighted by molar-refractivity contribution is -0.133. The molecule has 0 aromatic heterocycles. The first-order chi connectivity index (χ1) is 8.99. The van der Waals surface area contributed by atoms with Crippen molar-refractivity contribution in [1.82, 2.24) is 4.90 Å². The minimum Gasteiger partial charge on any atom is -0.399 e. The molecule has 0 heterocycles. The van der Waals surface area contributed by atoms with Crippen LogP contribution in [0.15, 0.2) is 24.3 Å². The molecule has 1 atom stereocenters. The third-order valence-corrected chi connectivity index (χ3v) is 4.25. The third kappa shape index (κ3) is 2.75. The molecule has 3 nitrogen and oxygen atoms in total. The normalized spacial score (nSPS) is 17.8. The largest absolute Gasteiger partial charge is 0.399 e. The molecule has 0 spiro atoms. The fourth-order valence-corrected chi connectivity index (χ4v) is 2.60. The van der Waals surface area contributed by atoms with Gasteiger partial charge in [0.1, 0.15) is 0 Å². The molecule has 19 heavy (non-hydrogen) atoms. The first-order valence-corrected chi connectivity index (χ1v) is 7.11. The highest BCUT2D eigenvalue weighted by Gasteiger charge is 2.52. The molecule has 1 aliphatic rings. The van der Waals surface area contributed by atoms with Crippen molar-refractivity contribution >= 4 is 11.6 Å². The molecule has 3 heteroatoms. The lowest BCUT2D eigenvalue weighted by Gasteiger charge is -2.26. The first-order valence-electron chi connectivity index (χ1n) is 7.11. The number of benzene rings is 1. The molecule has 1 fully saturated rings. The molecule has 0 saturated heterocycles. The van der Waals surface area contributed by atoms with E-state index < -0.39 is 0 Å². The van der Waals surface area contributed by atoms with Crippen molar-refractivity contribution in [3.63, 3.8) is 0 Å². The van der Waals surface area contributed by atoms with Crippen LogP contribution in [-0.2, 0) is 10.2 Å². The smallest absolute Gasteiger partial charge is 0.232 e. The fraction of sp³-hybridized carbons (Fsp3) is 0.562. The van der Waals surface area contributed by atoms with Crippen LogP contribution in [0.4, 0.5) is 5.69 Å². The van der Waals surface area contributed by atoms with Crippen LogP contribution in [0.25, 0.3) is 0 Å². The topological polar surface area (TPSA) is 46.3 Å². The van der Waals surface area contributed by atoms with Gasteiger partial charge < -0.3 is 10.6 Å². The van der Waals surface area contributed by atoms with E-state index >= 15 is 0 Å². The second-order valence-corrected chi connectivity index (χ2v) is 5.90. The van der Waals surface area contributed by atoms with E-state index in [2.05, 4.69) is 13.8 Å². The molecular formula is C16H24N2O. The second-order valence-electron chi connectivity index (χ2n) is 5.90.